The lowest BCUT2D eigenvalue weighted by atomic mass is 9.81. The van der Waals surface area contributed by atoms with E-state index in [-0.39, 0.29) is 5.41 Å². The van der Waals surface area contributed by atoms with Crippen LogP contribution in [0.15, 0.2) is 0 Å². The third kappa shape index (κ3) is 3.90. The van der Waals surface area contributed by atoms with Gasteiger partial charge in [-0.05, 0) is 31.3 Å². The van der Waals surface area contributed by atoms with Crippen LogP contribution in [0.3, 0.4) is 0 Å². The van der Waals surface area contributed by atoms with Crippen LogP contribution < -0.4 is 10.6 Å². The number of hydrogen-bond acceptors (Lipinski definition) is 2. The monoisotopic (exact) mass is 242 g/mol. The second kappa shape index (κ2) is 5.31. The van der Waals surface area contributed by atoms with Crippen LogP contribution in [-0.4, -0.2) is 38.5 Å². The summed E-state index contributed by atoms with van der Waals surface area (Å²) in [6.45, 7) is 3.10. The summed E-state index contributed by atoms with van der Waals surface area (Å²) in [6, 6.07) is 0. The Bertz CT molecular complexity index is 215. The second-order valence-electron chi connectivity index (χ2n) is 4.73. The molecule has 1 saturated heterocycles. The van der Waals surface area contributed by atoms with Crippen LogP contribution in [0.25, 0.3) is 0 Å². The van der Waals surface area contributed by atoms with Gasteiger partial charge < -0.3 is 10.6 Å². The largest absolute Gasteiger partial charge is 0.319 e. The topological polar surface area (TPSA) is 24.1 Å². The fourth-order valence-electron chi connectivity index (χ4n) is 1.82. The summed E-state index contributed by atoms with van der Waals surface area (Å²) < 4.78 is 48.9. The van der Waals surface area contributed by atoms with Gasteiger partial charge in [-0.2, -0.15) is 8.78 Å². The Labute approximate surface area is 92.8 Å². The normalized spacial score (nSPS) is 21.4. The first-order valence-electron chi connectivity index (χ1n) is 5.43. The Morgan fingerprint density at radius 3 is 2.38 bits per heavy atom. The Morgan fingerprint density at radius 2 is 1.88 bits per heavy atom. The van der Waals surface area contributed by atoms with Gasteiger partial charge in [0.2, 0.25) is 0 Å². The SMILES string of the molecule is CC1(CNCC(F)(F)C(F)F)CCNCC1. The highest BCUT2D eigenvalue weighted by Crippen LogP contribution is 2.27. The fraction of sp³-hybridized carbons (Fsp3) is 1.00. The summed E-state index contributed by atoms with van der Waals surface area (Å²) in [5.74, 6) is -3.93. The molecule has 0 unspecified atom stereocenters. The van der Waals surface area contributed by atoms with Gasteiger partial charge in [-0.25, -0.2) is 8.78 Å². The molecule has 0 saturated carbocycles. The van der Waals surface area contributed by atoms with E-state index in [2.05, 4.69) is 10.6 Å². The third-order valence-corrected chi connectivity index (χ3v) is 3.04. The van der Waals surface area contributed by atoms with E-state index < -0.39 is 18.9 Å². The van der Waals surface area contributed by atoms with Gasteiger partial charge in [0.05, 0.1) is 6.54 Å². The number of nitrogens with one attached hydrogen (secondary N) is 2. The molecule has 1 rings (SSSR count). The quantitative estimate of drug-likeness (QED) is 0.719. The third-order valence-electron chi connectivity index (χ3n) is 3.04. The minimum absolute atomic E-state index is 0.0660. The molecule has 0 radical (unpaired) electrons. The highest BCUT2D eigenvalue weighted by atomic mass is 19.3. The molecule has 1 aliphatic rings. The maximum Gasteiger partial charge on any atom is 0.319 e. The first-order chi connectivity index (χ1) is 7.36. The average Bonchev–Trinajstić information content (AvgIpc) is 2.17. The van der Waals surface area contributed by atoms with Crippen molar-refractivity contribution >= 4 is 0 Å². The van der Waals surface area contributed by atoms with Gasteiger partial charge in [-0.1, -0.05) is 6.92 Å². The predicted octanol–water partition coefficient (Wildman–Crippen LogP) is 1.87. The Hall–Kier alpha value is -0.360. The molecule has 2 nitrogen and oxygen atoms in total. The molecular formula is C10H18F4N2. The molecule has 0 aromatic carbocycles. The smallest absolute Gasteiger partial charge is 0.317 e. The molecule has 0 aliphatic carbocycles. The minimum Gasteiger partial charge on any atom is -0.317 e. The molecule has 1 aliphatic heterocycles. The van der Waals surface area contributed by atoms with Gasteiger partial charge >= 0.3 is 12.3 Å². The number of alkyl halides is 4. The van der Waals surface area contributed by atoms with E-state index in [0.717, 1.165) is 25.9 Å². The summed E-state index contributed by atoms with van der Waals surface area (Å²) in [4.78, 5) is 0. The number of rotatable bonds is 5. The predicted molar refractivity (Wildman–Crippen MR) is 54.0 cm³/mol. The maximum absolute atomic E-state index is 12.6. The first-order valence-corrected chi connectivity index (χ1v) is 5.43. The molecule has 16 heavy (non-hydrogen) atoms. The maximum atomic E-state index is 12.6. The lowest BCUT2D eigenvalue weighted by molar-refractivity contribution is -0.125. The van der Waals surface area contributed by atoms with E-state index in [1.807, 2.05) is 6.92 Å². The van der Waals surface area contributed by atoms with Crippen molar-refractivity contribution in [2.24, 2.45) is 5.41 Å². The van der Waals surface area contributed by atoms with Crippen LogP contribution in [0.4, 0.5) is 17.6 Å². The highest BCUT2D eigenvalue weighted by Gasteiger charge is 2.40. The molecule has 0 aromatic heterocycles. The molecule has 0 bridgehead atoms. The van der Waals surface area contributed by atoms with Gasteiger partial charge in [0.15, 0.2) is 0 Å². The van der Waals surface area contributed by atoms with Crippen molar-refractivity contribution in [1.29, 1.82) is 0 Å². The van der Waals surface area contributed by atoms with Crippen molar-refractivity contribution in [3.8, 4) is 0 Å². The lowest BCUT2D eigenvalue weighted by Gasteiger charge is -2.34. The zero-order chi connectivity index (χ0) is 12.2. The van der Waals surface area contributed by atoms with Crippen LogP contribution in [0.1, 0.15) is 19.8 Å². The van der Waals surface area contributed by atoms with Gasteiger partial charge in [-0.3, -0.25) is 0 Å². The van der Waals surface area contributed by atoms with Crippen LogP contribution in [-0.2, 0) is 0 Å². The van der Waals surface area contributed by atoms with Gasteiger partial charge in [0, 0.05) is 6.54 Å². The molecule has 0 amide bonds. The Balaban J connectivity index is 2.29. The fourth-order valence-corrected chi connectivity index (χ4v) is 1.82. The summed E-state index contributed by atoms with van der Waals surface area (Å²) in [5.41, 5.74) is -0.0660. The summed E-state index contributed by atoms with van der Waals surface area (Å²) in [7, 11) is 0. The second-order valence-corrected chi connectivity index (χ2v) is 4.73. The van der Waals surface area contributed by atoms with Gasteiger partial charge in [-0.15, -0.1) is 0 Å². The van der Waals surface area contributed by atoms with E-state index in [9.17, 15) is 17.6 Å². The van der Waals surface area contributed by atoms with Gasteiger partial charge in [0.1, 0.15) is 0 Å². The van der Waals surface area contributed by atoms with Crippen molar-refractivity contribution in [2.45, 2.75) is 32.1 Å². The highest BCUT2D eigenvalue weighted by molar-refractivity contribution is 4.83. The number of halogens is 4. The lowest BCUT2D eigenvalue weighted by Crippen LogP contribution is -2.45. The summed E-state index contributed by atoms with van der Waals surface area (Å²) >= 11 is 0. The zero-order valence-electron chi connectivity index (χ0n) is 9.33. The Kier molecular flexibility index (Phi) is 4.55. The van der Waals surface area contributed by atoms with Crippen LogP contribution in [0.2, 0.25) is 0 Å². The standard InChI is InChI=1S/C10H18F4N2/c1-9(2-4-15-5-3-9)6-16-7-10(13,14)8(11)12/h8,15-16H,2-7H2,1H3. The number of hydrogen-bond donors (Lipinski definition) is 2. The van der Waals surface area contributed by atoms with Crippen LogP contribution in [0.5, 0.6) is 0 Å². The summed E-state index contributed by atoms with van der Waals surface area (Å²) in [5, 5.41) is 5.63. The zero-order valence-corrected chi connectivity index (χ0v) is 9.33. The molecule has 0 atom stereocenters. The molecule has 6 heteroatoms. The molecule has 0 spiro atoms. The van der Waals surface area contributed by atoms with Crippen molar-refractivity contribution in [2.75, 3.05) is 26.2 Å². The van der Waals surface area contributed by atoms with Crippen LogP contribution >= 0.6 is 0 Å². The number of piperidine rings is 1. The molecule has 96 valence electrons. The minimum atomic E-state index is -3.93. The van der Waals surface area contributed by atoms with E-state index in [1.165, 1.54) is 0 Å². The van der Waals surface area contributed by atoms with E-state index in [1.54, 1.807) is 0 Å². The molecule has 2 N–H and O–H groups in total. The van der Waals surface area contributed by atoms with Gasteiger partial charge in [0.25, 0.3) is 0 Å². The van der Waals surface area contributed by atoms with Crippen molar-refractivity contribution in [1.82, 2.24) is 10.6 Å². The van der Waals surface area contributed by atoms with E-state index in [0.29, 0.717) is 6.54 Å². The van der Waals surface area contributed by atoms with Crippen LogP contribution in [0, 0.1) is 5.41 Å². The van der Waals surface area contributed by atoms with E-state index >= 15 is 0 Å². The Morgan fingerprint density at radius 1 is 1.31 bits per heavy atom. The molecule has 1 heterocycles. The van der Waals surface area contributed by atoms with E-state index in [4.69, 9.17) is 0 Å². The van der Waals surface area contributed by atoms with Crippen molar-refractivity contribution < 1.29 is 17.6 Å². The molecular weight excluding hydrogens is 224 g/mol. The average molecular weight is 242 g/mol. The first kappa shape index (κ1) is 13.7. The molecule has 0 aromatic rings. The molecule has 1 fully saturated rings. The summed E-state index contributed by atoms with van der Waals surface area (Å²) in [6.07, 6.45) is -1.85. The van der Waals surface area contributed by atoms with Crippen molar-refractivity contribution in [3.63, 3.8) is 0 Å². The van der Waals surface area contributed by atoms with Crippen molar-refractivity contribution in [3.05, 3.63) is 0 Å².